The van der Waals surface area contributed by atoms with Crippen LogP contribution >= 0.6 is 0 Å². The van der Waals surface area contributed by atoms with E-state index in [-0.39, 0.29) is 11.4 Å². The zero-order valence-corrected chi connectivity index (χ0v) is 9.61. The molecule has 0 saturated carbocycles. The van der Waals surface area contributed by atoms with Crippen molar-refractivity contribution in [1.29, 1.82) is 0 Å². The summed E-state index contributed by atoms with van der Waals surface area (Å²) < 4.78 is 0. The van der Waals surface area contributed by atoms with Crippen molar-refractivity contribution in [2.75, 3.05) is 5.73 Å². The first-order chi connectivity index (χ1) is 8.66. The lowest BCUT2D eigenvalue weighted by Crippen LogP contribution is -1.95. The minimum absolute atomic E-state index is 0.0631. The summed E-state index contributed by atoms with van der Waals surface area (Å²) in [7, 11) is 0. The van der Waals surface area contributed by atoms with Crippen LogP contribution in [0.4, 0.5) is 11.4 Å². The molecule has 4 heteroatoms. The highest BCUT2D eigenvalue weighted by atomic mass is 16.6. The van der Waals surface area contributed by atoms with Crippen molar-refractivity contribution < 1.29 is 4.92 Å². The summed E-state index contributed by atoms with van der Waals surface area (Å²) in [6, 6.07) is 14.5. The van der Waals surface area contributed by atoms with E-state index in [1.54, 1.807) is 12.1 Å². The number of nitro groups is 1. The van der Waals surface area contributed by atoms with Crippen LogP contribution in [0.25, 0.3) is 12.2 Å². The summed E-state index contributed by atoms with van der Waals surface area (Å²) >= 11 is 0. The Morgan fingerprint density at radius 2 is 1.67 bits per heavy atom. The van der Waals surface area contributed by atoms with Gasteiger partial charge in [-0.15, -0.1) is 0 Å². The summed E-state index contributed by atoms with van der Waals surface area (Å²) in [6.07, 6.45) is 3.80. The van der Waals surface area contributed by atoms with Crippen molar-refractivity contribution >= 4 is 23.5 Å². The van der Waals surface area contributed by atoms with Gasteiger partial charge in [-0.05, 0) is 23.3 Å². The van der Waals surface area contributed by atoms with E-state index in [9.17, 15) is 10.1 Å². The molecule has 0 heterocycles. The van der Waals surface area contributed by atoms with Crippen LogP contribution in [-0.2, 0) is 0 Å². The van der Waals surface area contributed by atoms with Gasteiger partial charge < -0.3 is 5.73 Å². The lowest BCUT2D eigenvalue weighted by molar-refractivity contribution is -0.383. The fraction of sp³-hybridized carbons (Fsp3) is 0. The summed E-state index contributed by atoms with van der Waals surface area (Å²) in [5.41, 5.74) is 7.63. The van der Waals surface area contributed by atoms with Gasteiger partial charge in [0.25, 0.3) is 5.69 Å². The fourth-order valence-electron chi connectivity index (χ4n) is 1.60. The van der Waals surface area contributed by atoms with E-state index < -0.39 is 4.92 Å². The predicted octanol–water partition coefficient (Wildman–Crippen LogP) is 3.35. The molecule has 0 atom stereocenters. The zero-order valence-electron chi connectivity index (χ0n) is 9.61. The van der Waals surface area contributed by atoms with Crippen molar-refractivity contribution in [3.05, 3.63) is 69.8 Å². The minimum Gasteiger partial charge on any atom is -0.393 e. The SMILES string of the molecule is Nc1cc(/C=C/c2ccccc2)ccc1[N+](=O)[O-]. The second-order valence-corrected chi connectivity index (χ2v) is 3.82. The van der Waals surface area contributed by atoms with Crippen LogP contribution in [0, 0.1) is 10.1 Å². The Bertz CT molecular complexity index is 592. The smallest absolute Gasteiger partial charge is 0.292 e. The van der Waals surface area contributed by atoms with Crippen LogP contribution in [-0.4, -0.2) is 4.92 Å². The Labute approximate surface area is 105 Å². The molecule has 90 valence electrons. The normalized spacial score (nSPS) is 10.7. The van der Waals surface area contributed by atoms with E-state index in [0.29, 0.717) is 0 Å². The Hall–Kier alpha value is -2.62. The molecule has 0 aromatic heterocycles. The molecule has 0 amide bonds. The average molecular weight is 240 g/mol. The molecule has 2 N–H and O–H groups in total. The Morgan fingerprint density at radius 1 is 1.00 bits per heavy atom. The zero-order chi connectivity index (χ0) is 13.0. The minimum atomic E-state index is -0.486. The molecule has 2 aromatic carbocycles. The van der Waals surface area contributed by atoms with Gasteiger partial charge in [-0.1, -0.05) is 42.5 Å². The van der Waals surface area contributed by atoms with Crippen molar-refractivity contribution in [1.82, 2.24) is 0 Å². The molecule has 0 aliphatic rings. The third kappa shape index (κ3) is 2.74. The molecule has 2 aromatic rings. The summed E-state index contributed by atoms with van der Waals surface area (Å²) in [4.78, 5) is 10.1. The van der Waals surface area contributed by atoms with E-state index in [1.807, 2.05) is 42.5 Å². The first-order valence-electron chi connectivity index (χ1n) is 5.44. The first-order valence-corrected chi connectivity index (χ1v) is 5.44. The number of rotatable bonds is 3. The Morgan fingerprint density at radius 3 is 2.28 bits per heavy atom. The van der Waals surface area contributed by atoms with Crippen LogP contribution < -0.4 is 5.73 Å². The number of nitro benzene ring substituents is 1. The Kier molecular flexibility index (Phi) is 3.38. The van der Waals surface area contributed by atoms with E-state index in [2.05, 4.69) is 0 Å². The maximum Gasteiger partial charge on any atom is 0.292 e. The number of hydrogen-bond acceptors (Lipinski definition) is 3. The second kappa shape index (κ2) is 5.14. The second-order valence-electron chi connectivity index (χ2n) is 3.82. The third-order valence-electron chi connectivity index (χ3n) is 2.52. The number of nitrogens with zero attached hydrogens (tertiary/aromatic N) is 1. The van der Waals surface area contributed by atoms with Crippen LogP contribution in [0.3, 0.4) is 0 Å². The fourth-order valence-corrected chi connectivity index (χ4v) is 1.60. The topological polar surface area (TPSA) is 69.2 Å². The van der Waals surface area contributed by atoms with Gasteiger partial charge in [-0.25, -0.2) is 0 Å². The number of nitrogen functional groups attached to an aromatic ring is 1. The van der Waals surface area contributed by atoms with Crippen molar-refractivity contribution in [3.8, 4) is 0 Å². The number of anilines is 1. The summed E-state index contributed by atoms with van der Waals surface area (Å²) in [5, 5.41) is 10.6. The lowest BCUT2D eigenvalue weighted by Gasteiger charge is -1.98. The van der Waals surface area contributed by atoms with Crippen LogP contribution in [0.15, 0.2) is 48.5 Å². The van der Waals surface area contributed by atoms with Crippen molar-refractivity contribution in [2.24, 2.45) is 0 Å². The van der Waals surface area contributed by atoms with E-state index in [4.69, 9.17) is 5.73 Å². The van der Waals surface area contributed by atoms with Gasteiger partial charge in [0.1, 0.15) is 5.69 Å². The molecule has 0 spiro atoms. The van der Waals surface area contributed by atoms with Gasteiger partial charge in [-0.2, -0.15) is 0 Å². The maximum absolute atomic E-state index is 10.6. The average Bonchev–Trinajstić information content (AvgIpc) is 2.37. The standard InChI is InChI=1S/C14H12N2O2/c15-13-10-12(8-9-14(13)16(17)18)7-6-11-4-2-1-3-5-11/h1-10H,15H2/b7-6+. The van der Waals surface area contributed by atoms with Gasteiger partial charge in [0, 0.05) is 6.07 Å². The molecule has 0 fully saturated rings. The highest BCUT2D eigenvalue weighted by Crippen LogP contribution is 2.23. The van der Waals surface area contributed by atoms with Crippen LogP contribution in [0.1, 0.15) is 11.1 Å². The largest absolute Gasteiger partial charge is 0.393 e. The maximum atomic E-state index is 10.6. The molecule has 0 bridgehead atoms. The Balaban J connectivity index is 2.23. The summed E-state index contributed by atoms with van der Waals surface area (Å²) in [5.74, 6) is 0. The van der Waals surface area contributed by atoms with E-state index in [0.717, 1.165) is 11.1 Å². The first kappa shape index (κ1) is 11.9. The van der Waals surface area contributed by atoms with Crippen molar-refractivity contribution in [3.63, 3.8) is 0 Å². The van der Waals surface area contributed by atoms with E-state index in [1.165, 1.54) is 6.07 Å². The quantitative estimate of drug-likeness (QED) is 0.387. The highest BCUT2D eigenvalue weighted by molar-refractivity contribution is 5.73. The van der Waals surface area contributed by atoms with Crippen LogP contribution in [0.2, 0.25) is 0 Å². The molecule has 0 saturated heterocycles. The lowest BCUT2D eigenvalue weighted by atomic mass is 10.1. The highest BCUT2D eigenvalue weighted by Gasteiger charge is 2.09. The van der Waals surface area contributed by atoms with Crippen molar-refractivity contribution in [2.45, 2.75) is 0 Å². The molecule has 18 heavy (non-hydrogen) atoms. The third-order valence-corrected chi connectivity index (χ3v) is 2.52. The number of benzene rings is 2. The predicted molar refractivity (Wildman–Crippen MR) is 72.9 cm³/mol. The van der Waals surface area contributed by atoms with Gasteiger partial charge in [0.2, 0.25) is 0 Å². The van der Waals surface area contributed by atoms with E-state index >= 15 is 0 Å². The molecular formula is C14H12N2O2. The van der Waals surface area contributed by atoms with Gasteiger partial charge in [-0.3, -0.25) is 10.1 Å². The number of hydrogen-bond donors (Lipinski definition) is 1. The molecule has 0 radical (unpaired) electrons. The molecular weight excluding hydrogens is 228 g/mol. The van der Waals surface area contributed by atoms with Gasteiger partial charge in [0.15, 0.2) is 0 Å². The van der Waals surface area contributed by atoms with Crippen LogP contribution in [0.5, 0.6) is 0 Å². The summed E-state index contributed by atoms with van der Waals surface area (Å²) in [6.45, 7) is 0. The molecule has 2 rings (SSSR count). The van der Waals surface area contributed by atoms with Gasteiger partial charge >= 0.3 is 0 Å². The van der Waals surface area contributed by atoms with Gasteiger partial charge in [0.05, 0.1) is 4.92 Å². The monoisotopic (exact) mass is 240 g/mol. The molecule has 0 unspecified atom stereocenters. The molecule has 4 nitrogen and oxygen atoms in total. The molecule has 0 aliphatic heterocycles. The number of nitrogens with two attached hydrogens (primary N) is 1. The molecule has 0 aliphatic carbocycles.